The maximum atomic E-state index is 5.63. The number of rotatable bonds is 5. The highest BCUT2D eigenvalue weighted by atomic mass is 16.7. The van der Waals surface area contributed by atoms with E-state index in [2.05, 4.69) is 37.3 Å². The Balaban J connectivity index is 2.08. The van der Waals surface area contributed by atoms with Crippen molar-refractivity contribution in [3.63, 3.8) is 0 Å². The van der Waals surface area contributed by atoms with Gasteiger partial charge in [0.15, 0.2) is 6.79 Å². The molecule has 0 amide bonds. The highest BCUT2D eigenvalue weighted by Crippen LogP contribution is 2.44. The lowest BCUT2D eigenvalue weighted by Crippen LogP contribution is -1.99. The molecule has 3 rings (SSSR count). The Hall–Kier alpha value is -1.54. The normalized spacial score (nSPS) is 14.8. The quantitative estimate of drug-likeness (QED) is 0.744. The first-order valence-corrected chi connectivity index (χ1v) is 7.00. The molecule has 19 heavy (non-hydrogen) atoms. The number of hydrogen-bond donors (Lipinski definition) is 0. The monoisotopic (exact) mass is 256 g/mol. The van der Waals surface area contributed by atoms with Gasteiger partial charge in [-0.25, -0.2) is 0 Å². The van der Waals surface area contributed by atoms with E-state index in [4.69, 9.17) is 9.47 Å². The first-order valence-electron chi connectivity index (χ1n) is 7.00. The second-order valence-electron chi connectivity index (χ2n) is 5.25. The average Bonchev–Trinajstić information content (AvgIpc) is 3.28. The Labute approximate surface area is 114 Å². The lowest BCUT2D eigenvalue weighted by molar-refractivity contribution is 0.0512. The molecule has 0 N–H and O–H groups in total. The van der Waals surface area contributed by atoms with Gasteiger partial charge in [-0.2, -0.15) is 0 Å². The van der Waals surface area contributed by atoms with Crippen LogP contribution in [0.25, 0.3) is 10.8 Å². The van der Waals surface area contributed by atoms with Crippen molar-refractivity contribution in [2.75, 3.05) is 13.9 Å². The van der Waals surface area contributed by atoms with Crippen molar-refractivity contribution in [1.29, 1.82) is 0 Å². The summed E-state index contributed by atoms with van der Waals surface area (Å²) < 4.78 is 10.6. The summed E-state index contributed by atoms with van der Waals surface area (Å²) in [6.45, 7) is 2.50. The first-order chi connectivity index (χ1) is 9.31. The summed E-state index contributed by atoms with van der Waals surface area (Å²) in [5, 5.41) is 2.67. The number of methoxy groups -OCH3 is 1. The second-order valence-corrected chi connectivity index (χ2v) is 5.25. The van der Waals surface area contributed by atoms with Crippen LogP contribution in [-0.4, -0.2) is 13.9 Å². The number of ether oxygens (including phenoxy) is 2. The maximum absolute atomic E-state index is 5.63. The van der Waals surface area contributed by atoms with E-state index in [-0.39, 0.29) is 0 Å². The molecule has 1 aliphatic rings. The SMILES string of the molecule is CCc1ccc2c(C3CC3)cc(OCOC)cc2c1. The van der Waals surface area contributed by atoms with Crippen LogP contribution in [-0.2, 0) is 11.2 Å². The Bertz CT molecular complexity index is 585. The molecule has 1 saturated carbocycles. The molecule has 0 atom stereocenters. The summed E-state index contributed by atoms with van der Waals surface area (Å²) >= 11 is 0. The molecular formula is C17H20O2. The van der Waals surface area contributed by atoms with E-state index in [1.54, 1.807) is 7.11 Å². The van der Waals surface area contributed by atoms with Crippen LogP contribution in [0.15, 0.2) is 30.3 Å². The van der Waals surface area contributed by atoms with Gasteiger partial charge in [0.1, 0.15) is 5.75 Å². The molecule has 0 saturated heterocycles. The van der Waals surface area contributed by atoms with Gasteiger partial charge >= 0.3 is 0 Å². The van der Waals surface area contributed by atoms with Crippen molar-refractivity contribution in [2.45, 2.75) is 32.1 Å². The van der Waals surface area contributed by atoms with E-state index in [9.17, 15) is 0 Å². The minimum absolute atomic E-state index is 0.309. The van der Waals surface area contributed by atoms with Gasteiger partial charge in [0.05, 0.1) is 0 Å². The van der Waals surface area contributed by atoms with Crippen molar-refractivity contribution in [3.05, 3.63) is 41.5 Å². The zero-order valence-corrected chi connectivity index (χ0v) is 11.6. The zero-order valence-electron chi connectivity index (χ0n) is 11.6. The third-order valence-electron chi connectivity index (χ3n) is 3.79. The maximum Gasteiger partial charge on any atom is 0.188 e. The van der Waals surface area contributed by atoms with Crippen LogP contribution in [0.3, 0.4) is 0 Å². The van der Waals surface area contributed by atoms with Gasteiger partial charge in [-0.05, 0) is 59.2 Å². The number of fused-ring (bicyclic) bond motifs is 1. The fourth-order valence-corrected chi connectivity index (χ4v) is 2.58. The minimum atomic E-state index is 0.309. The molecule has 0 aliphatic heterocycles. The van der Waals surface area contributed by atoms with Crippen LogP contribution < -0.4 is 4.74 Å². The summed E-state index contributed by atoms with van der Waals surface area (Å²) in [6, 6.07) is 11.1. The van der Waals surface area contributed by atoms with Gasteiger partial charge in [-0.15, -0.1) is 0 Å². The Kier molecular flexibility index (Phi) is 3.43. The Morgan fingerprint density at radius 1 is 1.16 bits per heavy atom. The van der Waals surface area contributed by atoms with Crippen molar-refractivity contribution in [1.82, 2.24) is 0 Å². The molecule has 0 heterocycles. The van der Waals surface area contributed by atoms with Gasteiger partial charge in [0, 0.05) is 7.11 Å². The summed E-state index contributed by atoms with van der Waals surface area (Å²) in [5.41, 5.74) is 2.81. The fourth-order valence-electron chi connectivity index (χ4n) is 2.58. The van der Waals surface area contributed by atoms with Gasteiger partial charge in [0.2, 0.25) is 0 Å². The lowest BCUT2D eigenvalue weighted by Gasteiger charge is -2.11. The van der Waals surface area contributed by atoms with Crippen LogP contribution in [0.2, 0.25) is 0 Å². The Morgan fingerprint density at radius 2 is 2.00 bits per heavy atom. The van der Waals surface area contributed by atoms with Gasteiger partial charge < -0.3 is 9.47 Å². The standard InChI is InChI=1S/C17H20O2/c1-3-12-4-7-16-14(8-12)9-15(19-11-18-2)10-17(16)13-5-6-13/h4,7-10,13H,3,5-6,11H2,1-2H3. The van der Waals surface area contributed by atoms with Crippen LogP contribution in [0, 0.1) is 0 Å². The fraction of sp³-hybridized carbons (Fsp3) is 0.412. The molecule has 2 nitrogen and oxygen atoms in total. The average molecular weight is 256 g/mol. The number of hydrogen-bond acceptors (Lipinski definition) is 2. The summed E-state index contributed by atoms with van der Waals surface area (Å²) in [5.74, 6) is 1.64. The highest BCUT2D eigenvalue weighted by molar-refractivity contribution is 5.88. The molecule has 2 aromatic carbocycles. The largest absolute Gasteiger partial charge is 0.468 e. The molecular weight excluding hydrogens is 236 g/mol. The Morgan fingerprint density at radius 3 is 2.68 bits per heavy atom. The van der Waals surface area contributed by atoms with Crippen molar-refractivity contribution in [3.8, 4) is 5.75 Å². The van der Waals surface area contributed by atoms with Crippen LogP contribution >= 0.6 is 0 Å². The molecule has 100 valence electrons. The number of aryl methyl sites for hydroxylation is 1. The van der Waals surface area contributed by atoms with Crippen molar-refractivity contribution >= 4 is 10.8 Å². The smallest absolute Gasteiger partial charge is 0.188 e. The third-order valence-corrected chi connectivity index (χ3v) is 3.79. The van der Waals surface area contributed by atoms with Crippen molar-refractivity contribution in [2.24, 2.45) is 0 Å². The van der Waals surface area contributed by atoms with Gasteiger partial charge in [-0.3, -0.25) is 0 Å². The third kappa shape index (κ3) is 2.59. The van der Waals surface area contributed by atoms with Crippen LogP contribution in [0.1, 0.15) is 36.8 Å². The molecule has 0 aromatic heterocycles. The van der Waals surface area contributed by atoms with E-state index in [1.807, 2.05) is 0 Å². The van der Waals surface area contributed by atoms with E-state index >= 15 is 0 Å². The van der Waals surface area contributed by atoms with Gasteiger partial charge in [0.25, 0.3) is 0 Å². The molecule has 0 spiro atoms. The second kappa shape index (κ2) is 5.22. The topological polar surface area (TPSA) is 18.5 Å². The van der Waals surface area contributed by atoms with Crippen molar-refractivity contribution < 1.29 is 9.47 Å². The zero-order chi connectivity index (χ0) is 13.2. The van der Waals surface area contributed by atoms with E-state index < -0.39 is 0 Å². The molecule has 0 radical (unpaired) electrons. The molecule has 0 bridgehead atoms. The molecule has 2 aromatic rings. The first kappa shape index (κ1) is 12.5. The van der Waals surface area contributed by atoms with Gasteiger partial charge in [-0.1, -0.05) is 25.1 Å². The highest BCUT2D eigenvalue weighted by Gasteiger charge is 2.26. The predicted molar refractivity (Wildman–Crippen MR) is 77.8 cm³/mol. The van der Waals surface area contributed by atoms with E-state index in [1.165, 1.54) is 34.7 Å². The predicted octanol–water partition coefficient (Wildman–Crippen LogP) is 4.26. The summed E-state index contributed by atoms with van der Waals surface area (Å²) in [7, 11) is 1.65. The van der Waals surface area contributed by atoms with E-state index in [0.29, 0.717) is 6.79 Å². The minimum Gasteiger partial charge on any atom is -0.468 e. The number of benzene rings is 2. The van der Waals surface area contributed by atoms with Crippen LogP contribution in [0.4, 0.5) is 0 Å². The summed E-state index contributed by atoms with van der Waals surface area (Å²) in [4.78, 5) is 0. The lowest BCUT2D eigenvalue weighted by atomic mass is 9.98. The molecule has 0 unspecified atom stereocenters. The summed E-state index contributed by atoms with van der Waals surface area (Å²) in [6.07, 6.45) is 3.68. The molecule has 1 aliphatic carbocycles. The molecule has 1 fully saturated rings. The van der Waals surface area contributed by atoms with E-state index in [0.717, 1.165) is 18.1 Å². The van der Waals surface area contributed by atoms with Crippen LogP contribution in [0.5, 0.6) is 5.75 Å². The molecule has 2 heteroatoms.